The van der Waals surface area contributed by atoms with Crippen molar-refractivity contribution in [1.29, 1.82) is 0 Å². The summed E-state index contributed by atoms with van der Waals surface area (Å²) >= 11 is 0. The molecule has 1 aromatic heterocycles. The van der Waals surface area contributed by atoms with Crippen molar-refractivity contribution in [2.45, 2.75) is 57.1 Å². The maximum absolute atomic E-state index is 13.7. The molecular weight excluding hydrogens is 617 g/mol. The van der Waals surface area contributed by atoms with Crippen molar-refractivity contribution in [3.05, 3.63) is 138 Å². The van der Waals surface area contributed by atoms with E-state index in [0.29, 0.717) is 52.1 Å². The van der Waals surface area contributed by atoms with Crippen molar-refractivity contribution in [2.24, 2.45) is 0 Å². The summed E-state index contributed by atoms with van der Waals surface area (Å²) in [5.74, 6) is 6.36. The van der Waals surface area contributed by atoms with E-state index in [0.717, 1.165) is 39.6 Å². The number of ether oxygens (including phenoxy) is 2. The second-order valence-electron chi connectivity index (χ2n) is 11.5. The molecule has 5 aromatic rings. The molecule has 4 aromatic carbocycles. The predicted octanol–water partition coefficient (Wildman–Crippen LogP) is 7.95. The van der Waals surface area contributed by atoms with Gasteiger partial charge in [0.2, 0.25) is 0 Å². The lowest BCUT2D eigenvalue weighted by Crippen LogP contribution is -2.28. The van der Waals surface area contributed by atoms with Crippen molar-refractivity contribution < 1.29 is 17.9 Å². The van der Waals surface area contributed by atoms with Gasteiger partial charge in [-0.05, 0) is 61.1 Å². The van der Waals surface area contributed by atoms with E-state index in [-0.39, 0.29) is 11.4 Å². The molecule has 0 radical (unpaired) electrons. The Balaban J connectivity index is 1.22. The Morgan fingerprint density at radius 1 is 0.708 bits per heavy atom. The van der Waals surface area contributed by atoms with E-state index >= 15 is 0 Å². The van der Waals surface area contributed by atoms with Crippen LogP contribution in [0.1, 0.15) is 47.9 Å². The van der Waals surface area contributed by atoms with Crippen molar-refractivity contribution in [2.75, 3.05) is 19.8 Å². The summed E-state index contributed by atoms with van der Waals surface area (Å²) in [4.78, 5) is 0.231. The molecule has 0 atom stereocenters. The lowest BCUT2D eigenvalue weighted by Gasteiger charge is -2.18. The number of nitrogens with zero attached hydrogens (tertiary/aromatic N) is 2. The Kier molecular flexibility index (Phi) is 12.9. The van der Waals surface area contributed by atoms with Crippen molar-refractivity contribution >= 4 is 20.9 Å². The third kappa shape index (κ3) is 10.1. The molecule has 0 spiro atoms. The van der Waals surface area contributed by atoms with Gasteiger partial charge in [0.25, 0.3) is 10.0 Å². The van der Waals surface area contributed by atoms with Crippen LogP contribution in [0.5, 0.6) is 0 Å². The van der Waals surface area contributed by atoms with Gasteiger partial charge in [0, 0.05) is 56.3 Å². The van der Waals surface area contributed by atoms with E-state index in [9.17, 15) is 8.42 Å². The zero-order valence-electron chi connectivity index (χ0n) is 27.5. The van der Waals surface area contributed by atoms with Gasteiger partial charge in [0.15, 0.2) is 0 Å². The molecule has 0 aliphatic heterocycles. The molecule has 5 rings (SSSR count). The van der Waals surface area contributed by atoms with Crippen LogP contribution in [0.4, 0.5) is 0 Å². The number of aromatic nitrogens is 1. The number of unbranched alkanes of at least 4 members (excludes halogenated alkanes) is 2. The summed E-state index contributed by atoms with van der Waals surface area (Å²) in [5, 5.41) is 1.05. The van der Waals surface area contributed by atoms with Crippen LogP contribution < -0.4 is 0 Å². The fraction of sp³-hybridized carbons (Fsp3) is 0.268. The first-order valence-corrected chi connectivity index (χ1v) is 17.8. The molecule has 0 amide bonds. The zero-order chi connectivity index (χ0) is 33.4. The Morgan fingerprint density at radius 2 is 1.29 bits per heavy atom. The average molecular weight is 659 g/mol. The van der Waals surface area contributed by atoms with E-state index in [1.54, 1.807) is 12.1 Å². The highest BCUT2D eigenvalue weighted by Crippen LogP contribution is 2.23. The van der Waals surface area contributed by atoms with Crippen LogP contribution in [0.25, 0.3) is 10.9 Å². The van der Waals surface area contributed by atoms with Crippen molar-refractivity contribution in [3.8, 4) is 23.9 Å². The lowest BCUT2D eigenvalue weighted by molar-refractivity contribution is 0.119. The second-order valence-corrected chi connectivity index (χ2v) is 13.4. The Hall–Kier alpha value is -4.79. The summed E-state index contributed by atoms with van der Waals surface area (Å²) in [5.41, 5.74) is 5.29. The Labute approximate surface area is 285 Å². The molecule has 0 saturated heterocycles. The van der Waals surface area contributed by atoms with Gasteiger partial charge in [-0.3, -0.25) is 4.57 Å². The maximum atomic E-state index is 13.7. The summed E-state index contributed by atoms with van der Waals surface area (Å²) in [6.07, 6.45) is 5.30. The second kappa shape index (κ2) is 17.9. The van der Waals surface area contributed by atoms with E-state index in [2.05, 4.69) is 42.1 Å². The Morgan fingerprint density at radius 3 is 1.94 bits per heavy atom. The maximum Gasteiger partial charge on any atom is 0.270 e. The zero-order valence-corrected chi connectivity index (χ0v) is 28.3. The fourth-order valence-electron chi connectivity index (χ4n) is 5.18. The van der Waals surface area contributed by atoms with Crippen LogP contribution in [0, 0.1) is 30.9 Å². The van der Waals surface area contributed by atoms with E-state index in [1.165, 1.54) is 4.31 Å². The van der Waals surface area contributed by atoms with Crippen LogP contribution >= 0.6 is 0 Å². The van der Waals surface area contributed by atoms with Gasteiger partial charge in [-0.1, -0.05) is 108 Å². The van der Waals surface area contributed by atoms with E-state index in [1.807, 2.05) is 96.6 Å². The van der Waals surface area contributed by atoms with Crippen LogP contribution in [0.2, 0.25) is 0 Å². The summed E-state index contributed by atoms with van der Waals surface area (Å²) < 4.78 is 42.3. The van der Waals surface area contributed by atoms with Gasteiger partial charge in [-0.2, -0.15) is 0 Å². The number of para-hydroxylation sites is 1. The van der Waals surface area contributed by atoms with Gasteiger partial charge in [0.1, 0.15) is 0 Å². The molecule has 7 heteroatoms. The molecule has 0 bridgehead atoms. The monoisotopic (exact) mass is 658 g/mol. The van der Waals surface area contributed by atoms with E-state index in [4.69, 9.17) is 9.47 Å². The standard InChI is InChI=1S/C41H42N2O4S/c1-35-22-24-39(25-23-35)48(44,45)43(28-13-5-15-31-47-34-37-18-8-3-9-19-37)29-26-38-32-42(41-21-11-10-20-40(38)41)27-12-4-14-30-46-33-36-16-6-2-7-17-36/h2-3,6-11,16-25,32H,4-5,14-15,26,29-31,33-34H2,1H3. The van der Waals surface area contributed by atoms with Crippen molar-refractivity contribution in [3.63, 3.8) is 0 Å². The number of fused-ring (bicyclic) bond motifs is 1. The number of aryl methyl sites for hydroxylation is 1. The molecule has 0 aliphatic carbocycles. The predicted molar refractivity (Wildman–Crippen MR) is 192 cm³/mol. The Bertz CT molecular complexity index is 1960. The summed E-state index contributed by atoms with van der Waals surface area (Å²) in [7, 11) is -3.83. The van der Waals surface area contributed by atoms with Gasteiger partial charge >= 0.3 is 0 Å². The number of hydrogen-bond acceptors (Lipinski definition) is 4. The minimum Gasteiger partial charge on any atom is -0.377 e. The summed E-state index contributed by atoms with van der Waals surface area (Å²) in [6, 6.07) is 41.4. The molecule has 0 fully saturated rings. The molecule has 48 heavy (non-hydrogen) atoms. The molecular formula is C41H42N2O4S. The molecule has 0 saturated carbocycles. The topological polar surface area (TPSA) is 60.8 Å². The SMILES string of the molecule is Cc1ccc(S(=O)(=O)N(C#CCCCOCc2ccccc2)CCc2cn(C#CCCCOCc3ccccc3)c3ccccc23)cc1. The normalized spacial score (nSPS) is 11.0. The highest BCUT2D eigenvalue weighted by molar-refractivity contribution is 7.89. The number of sulfonamides is 1. The van der Waals surface area contributed by atoms with Gasteiger partial charge < -0.3 is 9.47 Å². The van der Waals surface area contributed by atoms with Crippen LogP contribution in [0.3, 0.4) is 0 Å². The van der Waals surface area contributed by atoms with Crippen LogP contribution in [0.15, 0.2) is 120 Å². The lowest BCUT2D eigenvalue weighted by atomic mass is 10.1. The smallest absolute Gasteiger partial charge is 0.270 e. The number of benzene rings is 4. The first-order valence-electron chi connectivity index (χ1n) is 16.4. The average Bonchev–Trinajstić information content (AvgIpc) is 3.47. The molecule has 0 unspecified atom stereocenters. The van der Waals surface area contributed by atoms with Crippen LogP contribution in [-0.4, -0.2) is 37.0 Å². The van der Waals surface area contributed by atoms with Crippen LogP contribution in [-0.2, 0) is 39.1 Å². The number of rotatable bonds is 15. The quantitative estimate of drug-likeness (QED) is 0.0651. The molecule has 1 heterocycles. The first kappa shape index (κ1) is 34.5. The molecule has 246 valence electrons. The molecule has 0 aliphatic rings. The van der Waals surface area contributed by atoms with E-state index < -0.39 is 10.0 Å². The third-order valence-electron chi connectivity index (χ3n) is 7.79. The highest BCUT2D eigenvalue weighted by atomic mass is 32.2. The highest BCUT2D eigenvalue weighted by Gasteiger charge is 2.22. The summed E-state index contributed by atoms with van der Waals surface area (Å²) in [6.45, 7) is 4.50. The fourth-order valence-corrected chi connectivity index (χ4v) is 6.43. The van der Waals surface area contributed by atoms with Crippen molar-refractivity contribution in [1.82, 2.24) is 8.87 Å². The van der Waals surface area contributed by atoms with Gasteiger partial charge in [-0.15, -0.1) is 0 Å². The minimum absolute atomic E-state index is 0.216. The van der Waals surface area contributed by atoms with Gasteiger partial charge in [0.05, 0.1) is 23.6 Å². The molecule has 6 nitrogen and oxygen atoms in total. The minimum atomic E-state index is -3.83. The number of hydrogen-bond donors (Lipinski definition) is 0. The largest absolute Gasteiger partial charge is 0.377 e. The first-order chi connectivity index (χ1) is 23.5. The van der Waals surface area contributed by atoms with Gasteiger partial charge in [-0.25, -0.2) is 12.7 Å². The third-order valence-corrected chi connectivity index (χ3v) is 9.52. The molecule has 0 N–H and O–H groups in total.